The summed E-state index contributed by atoms with van der Waals surface area (Å²) in [6, 6.07) is -0.811. The first-order chi connectivity index (χ1) is 8.91. The molecule has 0 bridgehead atoms. The quantitative estimate of drug-likeness (QED) is 0.636. The molecule has 1 unspecified atom stereocenters. The third-order valence-electron chi connectivity index (χ3n) is 3.31. The van der Waals surface area contributed by atoms with Gasteiger partial charge in [-0.25, -0.2) is 9.59 Å². The van der Waals surface area contributed by atoms with Crippen molar-refractivity contribution in [2.75, 3.05) is 5.32 Å². The summed E-state index contributed by atoms with van der Waals surface area (Å²) in [7, 11) is 2.89. The number of aryl methyl sites for hydroxylation is 1. The number of rotatable bonds is 1. The molecule has 100 valence electrons. The van der Waals surface area contributed by atoms with Gasteiger partial charge in [0.05, 0.1) is 6.54 Å². The lowest BCUT2D eigenvalue weighted by Gasteiger charge is -2.06. The van der Waals surface area contributed by atoms with Gasteiger partial charge in [-0.1, -0.05) is 0 Å². The smallest absolute Gasteiger partial charge is 0.332 e. The van der Waals surface area contributed by atoms with Gasteiger partial charge >= 0.3 is 11.7 Å². The summed E-state index contributed by atoms with van der Waals surface area (Å²) in [6.07, 6.45) is 0. The van der Waals surface area contributed by atoms with Gasteiger partial charge in [0.1, 0.15) is 6.04 Å². The minimum absolute atomic E-state index is 0.106. The zero-order valence-corrected chi connectivity index (χ0v) is 10.2. The average Bonchev–Trinajstić information content (AvgIpc) is 2.90. The third-order valence-corrected chi connectivity index (χ3v) is 3.31. The van der Waals surface area contributed by atoms with Crippen molar-refractivity contribution in [2.24, 2.45) is 14.1 Å². The number of fused-ring (bicyclic) bond motifs is 3. The van der Waals surface area contributed by atoms with Crippen LogP contribution in [0.3, 0.4) is 0 Å². The minimum Gasteiger partial charge on any atom is -0.480 e. The molecule has 0 aromatic carbocycles. The highest BCUT2D eigenvalue weighted by Gasteiger charge is 2.31. The maximum Gasteiger partial charge on any atom is 0.332 e. The number of aromatic nitrogens is 4. The van der Waals surface area contributed by atoms with Gasteiger partial charge in [0.15, 0.2) is 11.2 Å². The predicted molar refractivity (Wildman–Crippen MR) is 65.3 cm³/mol. The normalized spacial score (nSPS) is 17.5. The van der Waals surface area contributed by atoms with E-state index in [9.17, 15) is 14.4 Å². The lowest BCUT2D eigenvalue weighted by molar-refractivity contribution is -0.137. The minimum atomic E-state index is -1.01. The number of carbonyl (C=O) groups is 1. The molecule has 1 atom stereocenters. The van der Waals surface area contributed by atoms with E-state index in [1.807, 2.05) is 0 Å². The van der Waals surface area contributed by atoms with E-state index in [0.717, 1.165) is 4.57 Å². The summed E-state index contributed by atoms with van der Waals surface area (Å²) in [5.41, 5.74) is -0.468. The molecule has 0 saturated heterocycles. The first-order valence-corrected chi connectivity index (χ1v) is 5.57. The van der Waals surface area contributed by atoms with Crippen molar-refractivity contribution in [3.05, 3.63) is 20.8 Å². The second-order valence-electron chi connectivity index (χ2n) is 4.46. The fourth-order valence-electron chi connectivity index (χ4n) is 2.26. The Hall–Kier alpha value is -2.58. The number of carboxylic acids is 1. The summed E-state index contributed by atoms with van der Waals surface area (Å²) in [4.78, 5) is 38.9. The number of aliphatic carboxylic acids is 1. The van der Waals surface area contributed by atoms with Gasteiger partial charge in [0.25, 0.3) is 5.56 Å². The maximum atomic E-state index is 12.1. The number of hydrogen-bond donors (Lipinski definition) is 2. The molecule has 2 aromatic rings. The van der Waals surface area contributed by atoms with Crippen LogP contribution < -0.4 is 16.6 Å². The first-order valence-electron chi connectivity index (χ1n) is 5.57. The Kier molecular flexibility index (Phi) is 2.10. The summed E-state index contributed by atoms with van der Waals surface area (Å²) >= 11 is 0. The van der Waals surface area contributed by atoms with Crippen molar-refractivity contribution in [3.8, 4) is 0 Å². The van der Waals surface area contributed by atoms with Crippen LogP contribution >= 0.6 is 0 Å². The molecule has 0 fully saturated rings. The molecule has 2 aromatic heterocycles. The number of carboxylic acid groups (broad SMARTS) is 1. The van der Waals surface area contributed by atoms with E-state index < -0.39 is 23.3 Å². The van der Waals surface area contributed by atoms with Crippen LogP contribution in [0.1, 0.15) is 0 Å². The standard InChI is InChI=1S/C10H11N5O4/c1-13-6-5(7(16)14(2)10(13)19)15-3-4(8(17)18)11-9(15)12-6/h4H,3H2,1-2H3,(H,11,12)(H,17,18). The number of nitrogens with zero attached hydrogens (tertiary/aromatic N) is 4. The monoisotopic (exact) mass is 265 g/mol. The molecule has 0 spiro atoms. The number of hydrogen-bond acceptors (Lipinski definition) is 5. The van der Waals surface area contributed by atoms with Crippen LogP contribution in [-0.4, -0.2) is 35.8 Å². The van der Waals surface area contributed by atoms with Gasteiger partial charge in [-0.3, -0.25) is 13.9 Å². The molecule has 0 saturated carbocycles. The van der Waals surface area contributed by atoms with Crippen LogP contribution in [-0.2, 0) is 25.4 Å². The van der Waals surface area contributed by atoms with Gasteiger partial charge in [0, 0.05) is 14.1 Å². The van der Waals surface area contributed by atoms with Crippen molar-refractivity contribution in [3.63, 3.8) is 0 Å². The molecule has 2 N–H and O–H groups in total. The van der Waals surface area contributed by atoms with Crippen LogP contribution in [0, 0.1) is 0 Å². The molecule has 9 nitrogen and oxygen atoms in total. The molecule has 1 aliphatic heterocycles. The average molecular weight is 265 g/mol. The molecule has 9 heteroatoms. The van der Waals surface area contributed by atoms with Crippen LogP contribution in [0.5, 0.6) is 0 Å². The van der Waals surface area contributed by atoms with E-state index in [4.69, 9.17) is 5.11 Å². The first kappa shape index (κ1) is 11.5. The summed E-state index contributed by atoms with van der Waals surface area (Å²) in [5, 5.41) is 11.7. The highest BCUT2D eigenvalue weighted by Crippen LogP contribution is 2.22. The fraction of sp³-hybridized carbons (Fsp3) is 0.400. The van der Waals surface area contributed by atoms with Gasteiger partial charge in [-0.05, 0) is 0 Å². The molecule has 3 rings (SSSR count). The Balaban J connectivity index is 2.35. The molecule has 1 aliphatic rings. The van der Waals surface area contributed by atoms with E-state index in [1.165, 1.54) is 23.2 Å². The third kappa shape index (κ3) is 1.35. The Labute approximate surface area is 105 Å². The summed E-state index contributed by atoms with van der Waals surface area (Å²) in [5.74, 6) is -0.721. The summed E-state index contributed by atoms with van der Waals surface area (Å²) < 4.78 is 3.74. The van der Waals surface area contributed by atoms with E-state index in [-0.39, 0.29) is 17.7 Å². The zero-order chi connectivity index (χ0) is 13.9. The number of nitrogens with one attached hydrogen (secondary N) is 1. The van der Waals surface area contributed by atoms with E-state index in [0.29, 0.717) is 5.95 Å². The Morgan fingerprint density at radius 1 is 1.37 bits per heavy atom. The van der Waals surface area contributed by atoms with Crippen molar-refractivity contribution in [2.45, 2.75) is 12.6 Å². The molecular formula is C10H11N5O4. The van der Waals surface area contributed by atoms with Gasteiger partial charge < -0.3 is 15.0 Å². The lowest BCUT2D eigenvalue weighted by atomic mass is 10.3. The molecule has 0 radical (unpaired) electrons. The lowest BCUT2D eigenvalue weighted by Crippen LogP contribution is -2.38. The van der Waals surface area contributed by atoms with E-state index in [1.54, 1.807) is 0 Å². The Morgan fingerprint density at radius 2 is 2.05 bits per heavy atom. The Bertz CT molecular complexity index is 827. The number of imidazole rings is 1. The van der Waals surface area contributed by atoms with E-state index >= 15 is 0 Å². The van der Waals surface area contributed by atoms with Crippen LogP contribution in [0.25, 0.3) is 11.2 Å². The topological polar surface area (TPSA) is 111 Å². The largest absolute Gasteiger partial charge is 0.480 e. The van der Waals surface area contributed by atoms with Gasteiger partial charge in [0.2, 0.25) is 5.95 Å². The van der Waals surface area contributed by atoms with Crippen LogP contribution in [0.2, 0.25) is 0 Å². The summed E-state index contributed by atoms with van der Waals surface area (Å²) in [6.45, 7) is 0.106. The maximum absolute atomic E-state index is 12.1. The van der Waals surface area contributed by atoms with Crippen LogP contribution in [0.15, 0.2) is 9.59 Å². The van der Waals surface area contributed by atoms with Crippen molar-refractivity contribution >= 4 is 23.1 Å². The van der Waals surface area contributed by atoms with E-state index in [2.05, 4.69) is 10.3 Å². The highest BCUT2D eigenvalue weighted by atomic mass is 16.4. The van der Waals surface area contributed by atoms with Crippen molar-refractivity contribution in [1.82, 2.24) is 18.7 Å². The molecular weight excluding hydrogens is 254 g/mol. The number of anilines is 1. The molecule has 19 heavy (non-hydrogen) atoms. The molecule has 3 heterocycles. The zero-order valence-electron chi connectivity index (χ0n) is 10.2. The fourth-order valence-corrected chi connectivity index (χ4v) is 2.26. The molecule has 0 amide bonds. The predicted octanol–water partition coefficient (Wildman–Crippen LogP) is -1.69. The van der Waals surface area contributed by atoms with Crippen molar-refractivity contribution in [1.29, 1.82) is 0 Å². The van der Waals surface area contributed by atoms with Crippen molar-refractivity contribution < 1.29 is 9.90 Å². The van der Waals surface area contributed by atoms with Crippen LogP contribution in [0.4, 0.5) is 5.95 Å². The highest BCUT2D eigenvalue weighted by molar-refractivity contribution is 5.82. The Morgan fingerprint density at radius 3 is 2.68 bits per heavy atom. The van der Waals surface area contributed by atoms with Gasteiger partial charge in [-0.15, -0.1) is 0 Å². The second kappa shape index (κ2) is 3.46. The van der Waals surface area contributed by atoms with Gasteiger partial charge in [-0.2, -0.15) is 4.98 Å². The molecule has 0 aliphatic carbocycles. The SMILES string of the molecule is Cn1c(=O)c2c(nc3n2CC(C(=O)O)N3)n(C)c1=O. The second-order valence-corrected chi connectivity index (χ2v) is 4.46.